The molecule has 0 radical (unpaired) electrons. The van der Waals surface area contributed by atoms with Crippen LogP contribution in [0.1, 0.15) is 0 Å². The molecule has 1 aliphatic heterocycles. The van der Waals surface area contributed by atoms with Crippen molar-refractivity contribution >= 4 is 32.0 Å². The second-order valence-electron chi connectivity index (χ2n) is 4.62. The van der Waals surface area contributed by atoms with Crippen LogP contribution in [-0.2, 0) is 38.1 Å². The van der Waals surface area contributed by atoms with Crippen molar-refractivity contribution in [3.05, 3.63) is 0 Å². The Balaban J connectivity index is 3.18. The third kappa shape index (κ3) is 6.38. The summed E-state index contributed by atoms with van der Waals surface area (Å²) in [5, 5.41) is 0. The van der Waals surface area contributed by atoms with Gasteiger partial charge in [-0.25, -0.2) is 0 Å². The summed E-state index contributed by atoms with van der Waals surface area (Å²) in [6.07, 6.45) is -1.73. The van der Waals surface area contributed by atoms with Gasteiger partial charge in [0.1, 0.15) is 12.2 Å². The van der Waals surface area contributed by atoms with Crippen molar-refractivity contribution in [2.75, 3.05) is 38.2 Å². The Hall–Kier alpha value is 0.0900. The van der Waals surface area contributed by atoms with Crippen LogP contribution in [0.4, 0.5) is 0 Å². The highest BCUT2D eigenvalue weighted by Gasteiger charge is 2.43. The molecule has 1 rings (SSSR count). The van der Waals surface area contributed by atoms with Crippen molar-refractivity contribution in [1.29, 1.82) is 0 Å². The van der Waals surface area contributed by atoms with E-state index >= 15 is 0 Å². The zero-order chi connectivity index (χ0) is 16.3. The van der Waals surface area contributed by atoms with Gasteiger partial charge in [-0.1, -0.05) is 0 Å². The van der Waals surface area contributed by atoms with Gasteiger partial charge in [-0.15, -0.1) is 0 Å². The van der Waals surface area contributed by atoms with E-state index in [1.165, 1.54) is 26.0 Å². The molecule has 0 saturated carbocycles. The summed E-state index contributed by atoms with van der Waals surface area (Å²) in [4.78, 5) is 0. The maximum Gasteiger partial charge on any atom is 0.264 e. The van der Waals surface area contributed by atoms with Crippen LogP contribution >= 0.6 is 11.8 Å². The van der Waals surface area contributed by atoms with Gasteiger partial charge < -0.3 is 9.47 Å². The lowest BCUT2D eigenvalue weighted by molar-refractivity contribution is -0.0811. The standard InChI is InChI=1S/C10H20O8S3/c1-15-7-5-19-6-8(16-2)10(18-21(4,13)14)9(7)17-20(3,11)12/h7-10H,5-6H2,1-4H3/t7-,8-,9+,10+/m0/s1. The number of ether oxygens (including phenoxy) is 2. The average Bonchev–Trinajstić information content (AvgIpc) is 2.46. The van der Waals surface area contributed by atoms with Gasteiger partial charge in [-0.3, -0.25) is 8.37 Å². The van der Waals surface area contributed by atoms with Crippen molar-refractivity contribution in [1.82, 2.24) is 0 Å². The molecule has 0 aromatic heterocycles. The fourth-order valence-corrected chi connectivity index (χ4v) is 4.48. The van der Waals surface area contributed by atoms with E-state index < -0.39 is 44.7 Å². The van der Waals surface area contributed by atoms with Crippen LogP contribution in [0.2, 0.25) is 0 Å². The van der Waals surface area contributed by atoms with E-state index in [9.17, 15) is 16.8 Å². The molecule has 0 amide bonds. The van der Waals surface area contributed by atoms with E-state index in [-0.39, 0.29) is 0 Å². The molecule has 11 heteroatoms. The van der Waals surface area contributed by atoms with Gasteiger partial charge in [0.05, 0.1) is 24.7 Å². The summed E-state index contributed by atoms with van der Waals surface area (Å²) in [5.41, 5.74) is 0. The van der Waals surface area contributed by atoms with Gasteiger partial charge in [0, 0.05) is 25.7 Å². The van der Waals surface area contributed by atoms with Crippen LogP contribution in [0.5, 0.6) is 0 Å². The van der Waals surface area contributed by atoms with E-state index in [1.54, 1.807) is 0 Å². The Morgan fingerprint density at radius 2 is 1.14 bits per heavy atom. The summed E-state index contributed by atoms with van der Waals surface area (Å²) >= 11 is 1.44. The molecule has 1 heterocycles. The number of methoxy groups -OCH3 is 2. The molecule has 21 heavy (non-hydrogen) atoms. The number of hydrogen-bond donors (Lipinski definition) is 0. The zero-order valence-corrected chi connectivity index (χ0v) is 14.7. The minimum atomic E-state index is -3.82. The number of rotatable bonds is 6. The Kier molecular flexibility index (Phi) is 6.90. The van der Waals surface area contributed by atoms with E-state index in [1.807, 2.05) is 0 Å². The van der Waals surface area contributed by atoms with Crippen LogP contribution in [0.25, 0.3) is 0 Å². The van der Waals surface area contributed by atoms with Crippen LogP contribution in [0, 0.1) is 0 Å². The van der Waals surface area contributed by atoms with Crippen LogP contribution in [0.15, 0.2) is 0 Å². The summed E-state index contributed by atoms with van der Waals surface area (Å²) in [6.45, 7) is 0. The van der Waals surface area contributed by atoms with Gasteiger partial charge in [-0.05, 0) is 0 Å². The van der Waals surface area contributed by atoms with Gasteiger partial charge in [0.15, 0.2) is 0 Å². The molecule has 1 aliphatic rings. The first-order valence-electron chi connectivity index (χ1n) is 5.97. The fourth-order valence-electron chi connectivity index (χ4n) is 1.95. The number of thioether (sulfide) groups is 1. The predicted molar refractivity (Wildman–Crippen MR) is 78.4 cm³/mol. The van der Waals surface area contributed by atoms with E-state index in [0.717, 1.165) is 12.5 Å². The molecule has 8 nitrogen and oxygen atoms in total. The molecule has 126 valence electrons. The van der Waals surface area contributed by atoms with E-state index in [2.05, 4.69) is 0 Å². The third-order valence-electron chi connectivity index (χ3n) is 2.80. The third-order valence-corrected chi connectivity index (χ3v) is 5.07. The van der Waals surface area contributed by atoms with Gasteiger partial charge >= 0.3 is 0 Å². The smallest absolute Gasteiger partial charge is 0.264 e. The van der Waals surface area contributed by atoms with Crippen molar-refractivity contribution < 1.29 is 34.7 Å². The maximum atomic E-state index is 11.4. The van der Waals surface area contributed by atoms with Crippen LogP contribution in [0.3, 0.4) is 0 Å². The van der Waals surface area contributed by atoms with Gasteiger partial charge in [-0.2, -0.15) is 28.6 Å². The summed E-state index contributed by atoms with van der Waals surface area (Å²) in [5.74, 6) is 0.861. The lowest BCUT2D eigenvalue weighted by atomic mass is 10.1. The SMILES string of the molecule is CO[C@H]1CSC[C@H](OC)[C@@H](OS(C)(=O)=O)[C@@H]1OS(C)(=O)=O. The van der Waals surface area contributed by atoms with Crippen LogP contribution in [-0.4, -0.2) is 79.5 Å². The van der Waals surface area contributed by atoms with Gasteiger partial charge in [0.2, 0.25) is 0 Å². The fraction of sp³-hybridized carbons (Fsp3) is 1.00. The second-order valence-corrected chi connectivity index (χ2v) is 8.89. The van der Waals surface area contributed by atoms with Crippen molar-refractivity contribution in [3.8, 4) is 0 Å². The first kappa shape index (κ1) is 19.1. The molecule has 4 atom stereocenters. The number of hydrogen-bond acceptors (Lipinski definition) is 9. The summed E-state index contributed by atoms with van der Waals surface area (Å²) in [7, 11) is -4.85. The lowest BCUT2D eigenvalue weighted by Crippen LogP contribution is -2.50. The lowest BCUT2D eigenvalue weighted by Gasteiger charge is -2.31. The second kappa shape index (κ2) is 7.57. The molecular weight excluding hydrogens is 344 g/mol. The molecule has 0 spiro atoms. The minimum Gasteiger partial charge on any atom is -0.378 e. The highest BCUT2D eigenvalue weighted by atomic mass is 32.2. The predicted octanol–water partition coefficient (Wildman–Crippen LogP) is -0.547. The Morgan fingerprint density at radius 1 is 0.810 bits per heavy atom. The minimum absolute atomic E-state index is 0.431. The highest BCUT2D eigenvalue weighted by Crippen LogP contribution is 2.28. The molecular formula is C10H20O8S3. The first-order chi connectivity index (χ1) is 9.57. The molecule has 1 fully saturated rings. The van der Waals surface area contributed by atoms with E-state index in [4.69, 9.17) is 17.8 Å². The molecule has 0 N–H and O–H groups in total. The molecule has 0 unspecified atom stereocenters. The molecule has 0 bridgehead atoms. The Bertz CT molecular complexity index is 481. The monoisotopic (exact) mass is 364 g/mol. The van der Waals surface area contributed by atoms with Crippen LogP contribution < -0.4 is 0 Å². The molecule has 0 aliphatic carbocycles. The first-order valence-corrected chi connectivity index (χ1v) is 10.8. The molecule has 1 saturated heterocycles. The van der Waals surface area contributed by atoms with Gasteiger partial charge in [0.25, 0.3) is 20.2 Å². The quantitative estimate of drug-likeness (QED) is 0.574. The zero-order valence-electron chi connectivity index (χ0n) is 12.2. The average molecular weight is 364 g/mol. The van der Waals surface area contributed by atoms with Crippen molar-refractivity contribution in [2.45, 2.75) is 24.4 Å². The normalized spacial score (nSPS) is 31.8. The largest absolute Gasteiger partial charge is 0.378 e. The highest BCUT2D eigenvalue weighted by molar-refractivity contribution is 7.99. The summed E-state index contributed by atoms with van der Waals surface area (Å²) < 4.78 is 66.3. The summed E-state index contributed by atoms with van der Waals surface area (Å²) in [6, 6.07) is 0. The molecule has 0 aromatic carbocycles. The maximum absolute atomic E-state index is 11.4. The van der Waals surface area contributed by atoms with E-state index in [0.29, 0.717) is 11.5 Å². The topological polar surface area (TPSA) is 105 Å². The Labute approximate surface area is 129 Å². The molecule has 0 aromatic rings. The van der Waals surface area contributed by atoms with Crippen molar-refractivity contribution in [2.24, 2.45) is 0 Å². The van der Waals surface area contributed by atoms with Crippen molar-refractivity contribution in [3.63, 3.8) is 0 Å². The Morgan fingerprint density at radius 3 is 1.38 bits per heavy atom.